The van der Waals surface area contributed by atoms with E-state index in [1.165, 1.54) is 19.3 Å². The molecule has 6 heteroatoms. The van der Waals surface area contributed by atoms with Crippen LogP contribution in [0.2, 0.25) is 0 Å². The van der Waals surface area contributed by atoms with Gasteiger partial charge in [-0.2, -0.15) is 0 Å². The summed E-state index contributed by atoms with van der Waals surface area (Å²) in [4.78, 5) is 14.0. The van der Waals surface area contributed by atoms with Gasteiger partial charge in [-0.25, -0.2) is 4.79 Å². The zero-order valence-corrected chi connectivity index (χ0v) is 14.9. The van der Waals surface area contributed by atoms with Crippen LogP contribution in [-0.4, -0.2) is 58.0 Å². The normalized spacial score (nSPS) is 36.1. The van der Waals surface area contributed by atoms with E-state index in [1.807, 2.05) is 13.8 Å². The van der Waals surface area contributed by atoms with Crippen molar-refractivity contribution in [2.24, 2.45) is 5.92 Å². The highest BCUT2D eigenvalue weighted by Gasteiger charge is 2.32. The van der Waals surface area contributed by atoms with Crippen LogP contribution in [0.25, 0.3) is 0 Å². The highest BCUT2D eigenvalue weighted by Crippen LogP contribution is 2.26. The molecule has 0 radical (unpaired) electrons. The molecule has 2 fully saturated rings. The van der Waals surface area contributed by atoms with Crippen LogP contribution in [-0.2, 0) is 15.5 Å². The van der Waals surface area contributed by atoms with Gasteiger partial charge in [0, 0.05) is 35.7 Å². The predicted octanol–water partition coefficient (Wildman–Crippen LogP) is 2.13. The van der Waals surface area contributed by atoms with Gasteiger partial charge in [0.2, 0.25) is 0 Å². The van der Waals surface area contributed by atoms with Gasteiger partial charge in [0.25, 0.3) is 0 Å². The smallest absolute Gasteiger partial charge is 0.317 e. The van der Waals surface area contributed by atoms with Gasteiger partial charge in [-0.05, 0) is 32.6 Å². The zero-order valence-electron chi connectivity index (χ0n) is 14.0. The molecule has 1 aliphatic heterocycles. The molecule has 0 spiro atoms. The van der Waals surface area contributed by atoms with E-state index in [0.29, 0.717) is 37.5 Å². The lowest BCUT2D eigenvalue weighted by Gasteiger charge is -2.37. The van der Waals surface area contributed by atoms with Crippen molar-refractivity contribution in [2.75, 3.05) is 25.4 Å². The van der Waals surface area contributed by atoms with Gasteiger partial charge in [0.1, 0.15) is 0 Å². The van der Waals surface area contributed by atoms with Gasteiger partial charge < -0.3 is 15.0 Å². The summed E-state index contributed by atoms with van der Waals surface area (Å²) in [6.07, 6.45) is 5.30. The Bertz CT molecular complexity index is 405. The molecule has 0 aromatic rings. The second-order valence-corrected chi connectivity index (χ2v) is 8.54. The molecular weight excluding hydrogens is 300 g/mol. The fourth-order valence-corrected chi connectivity index (χ4v) is 4.67. The van der Waals surface area contributed by atoms with Crippen molar-refractivity contribution in [2.45, 2.75) is 63.9 Å². The van der Waals surface area contributed by atoms with Crippen LogP contribution >= 0.6 is 0 Å². The lowest BCUT2D eigenvalue weighted by atomic mass is 9.88. The fourth-order valence-electron chi connectivity index (χ4n) is 3.34. The second-order valence-electron chi connectivity index (χ2n) is 6.63. The quantitative estimate of drug-likeness (QED) is 0.804. The number of amides is 2. The molecule has 1 N–H and O–H groups in total. The van der Waals surface area contributed by atoms with Crippen LogP contribution < -0.4 is 5.32 Å². The number of ether oxygens (including phenoxy) is 1. The third-order valence-corrected chi connectivity index (χ3v) is 6.93. The Kier molecular flexibility index (Phi) is 6.68. The Morgan fingerprint density at radius 1 is 1.27 bits per heavy atom. The zero-order chi connectivity index (χ0) is 16.1. The van der Waals surface area contributed by atoms with Gasteiger partial charge in [0.15, 0.2) is 0 Å². The van der Waals surface area contributed by atoms with Crippen LogP contribution in [0.4, 0.5) is 4.79 Å². The van der Waals surface area contributed by atoms with E-state index in [-0.39, 0.29) is 17.3 Å². The van der Waals surface area contributed by atoms with E-state index in [1.54, 1.807) is 4.90 Å². The molecule has 5 atom stereocenters. The number of carbonyl (C=O) groups excluding carboxylic acids is 1. The van der Waals surface area contributed by atoms with E-state index in [0.717, 1.165) is 6.42 Å². The summed E-state index contributed by atoms with van der Waals surface area (Å²) in [5, 5.41) is 2.98. The largest absolute Gasteiger partial charge is 0.376 e. The SMILES string of the molecule is C[C@@H]1[C@H](C)N(C(=O)NCCO[C@@H]2CCCC[C@@H]2C)CC[S@]1=O. The third-order valence-electron chi connectivity index (χ3n) is 5.12. The maximum atomic E-state index is 12.2. The molecule has 22 heavy (non-hydrogen) atoms. The summed E-state index contributed by atoms with van der Waals surface area (Å²) in [6, 6.07) is -0.0368. The molecule has 1 saturated heterocycles. The van der Waals surface area contributed by atoms with Gasteiger partial charge in [0.05, 0.1) is 18.0 Å². The van der Waals surface area contributed by atoms with Crippen molar-refractivity contribution in [3.05, 3.63) is 0 Å². The minimum absolute atomic E-state index is 0.0221. The molecule has 1 heterocycles. The number of hydrogen-bond donors (Lipinski definition) is 1. The Labute approximate surface area is 136 Å². The summed E-state index contributed by atoms with van der Waals surface area (Å²) >= 11 is 0. The molecule has 0 aromatic heterocycles. The molecule has 5 nitrogen and oxygen atoms in total. The highest BCUT2D eigenvalue weighted by atomic mass is 32.2. The Morgan fingerprint density at radius 2 is 2.00 bits per heavy atom. The number of rotatable bonds is 4. The molecule has 128 valence electrons. The Balaban J connectivity index is 1.68. The monoisotopic (exact) mass is 330 g/mol. The first-order valence-electron chi connectivity index (χ1n) is 8.54. The average molecular weight is 330 g/mol. The van der Waals surface area contributed by atoms with Crippen molar-refractivity contribution < 1.29 is 13.7 Å². The lowest BCUT2D eigenvalue weighted by Crippen LogP contribution is -2.55. The second kappa shape index (κ2) is 8.29. The van der Waals surface area contributed by atoms with Crippen molar-refractivity contribution >= 4 is 16.8 Å². The Hall–Kier alpha value is -0.620. The molecule has 0 unspecified atom stereocenters. The molecular formula is C16H30N2O3S. The van der Waals surface area contributed by atoms with Gasteiger partial charge >= 0.3 is 6.03 Å². The highest BCUT2D eigenvalue weighted by molar-refractivity contribution is 7.85. The fraction of sp³-hybridized carbons (Fsp3) is 0.938. The standard InChI is InChI=1S/C16H30N2O3S/c1-12-6-4-5-7-15(12)21-10-8-17-16(19)18-9-11-22(20)14(3)13(18)2/h12-15H,4-11H2,1-3H3,(H,17,19)/t12-,13-,14+,15+,22+/m0/s1. The summed E-state index contributed by atoms with van der Waals surface area (Å²) in [5.41, 5.74) is 0. The van der Waals surface area contributed by atoms with E-state index < -0.39 is 10.8 Å². The van der Waals surface area contributed by atoms with Crippen molar-refractivity contribution in [3.63, 3.8) is 0 Å². The summed E-state index contributed by atoms with van der Waals surface area (Å²) < 4.78 is 17.7. The number of nitrogens with one attached hydrogen (secondary N) is 1. The van der Waals surface area contributed by atoms with Crippen LogP contribution in [0.5, 0.6) is 0 Å². The molecule has 2 rings (SSSR count). The van der Waals surface area contributed by atoms with Crippen molar-refractivity contribution in [3.8, 4) is 0 Å². The van der Waals surface area contributed by atoms with Crippen LogP contribution in [0.15, 0.2) is 0 Å². The topological polar surface area (TPSA) is 58.6 Å². The lowest BCUT2D eigenvalue weighted by molar-refractivity contribution is -0.00280. The minimum atomic E-state index is -0.813. The molecule has 0 bridgehead atoms. The number of nitrogens with zero attached hydrogens (tertiary/aromatic N) is 1. The molecule has 2 amide bonds. The van der Waals surface area contributed by atoms with Crippen LogP contribution in [0.1, 0.15) is 46.5 Å². The van der Waals surface area contributed by atoms with Crippen molar-refractivity contribution in [1.82, 2.24) is 10.2 Å². The average Bonchev–Trinajstić information content (AvgIpc) is 2.50. The summed E-state index contributed by atoms with van der Waals surface area (Å²) in [7, 11) is -0.813. The van der Waals surface area contributed by atoms with E-state index in [4.69, 9.17) is 4.74 Å². The number of urea groups is 1. The number of hydrogen-bond acceptors (Lipinski definition) is 3. The summed E-state index contributed by atoms with van der Waals surface area (Å²) in [5.74, 6) is 1.21. The molecule has 1 aliphatic carbocycles. The third kappa shape index (κ3) is 4.44. The first-order valence-corrected chi connectivity index (χ1v) is 9.92. The molecule has 2 aliphatic rings. The maximum Gasteiger partial charge on any atom is 0.317 e. The van der Waals surface area contributed by atoms with E-state index >= 15 is 0 Å². The van der Waals surface area contributed by atoms with Gasteiger partial charge in [-0.1, -0.05) is 19.8 Å². The van der Waals surface area contributed by atoms with E-state index in [2.05, 4.69) is 12.2 Å². The van der Waals surface area contributed by atoms with Gasteiger partial charge in [-0.15, -0.1) is 0 Å². The maximum absolute atomic E-state index is 12.2. The van der Waals surface area contributed by atoms with Crippen LogP contribution in [0.3, 0.4) is 0 Å². The molecule has 0 aromatic carbocycles. The first kappa shape index (κ1) is 17.7. The van der Waals surface area contributed by atoms with Crippen molar-refractivity contribution in [1.29, 1.82) is 0 Å². The minimum Gasteiger partial charge on any atom is -0.376 e. The summed E-state index contributed by atoms with van der Waals surface area (Å²) in [6.45, 7) is 7.87. The van der Waals surface area contributed by atoms with E-state index in [9.17, 15) is 9.00 Å². The molecule has 1 saturated carbocycles. The Morgan fingerprint density at radius 3 is 2.73 bits per heavy atom. The first-order chi connectivity index (χ1) is 10.5. The van der Waals surface area contributed by atoms with Gasteiger partial charge in [-0.3, -0.25) is 4.21 Å². The number of carbonyl (C=O) groups is 1. The van der Waals surface area contributed by atoms with Crippen LogP contribution in [0, 0.1) is 5.92 Å². The predicted molar refractivity (Wildman–Crippen MR) is 89.4 cm³/mol.